The lowest BCUT2D eigenvalue weighted by atomic mass is 9.96. The van der Waals surface area contributed by atoms with Crippen LogP contribution in [-0.2, 0) is 17.6 Å². The van der Waals surface area contributed by atoms with E-state index in [0.717, 1.165) is 43.7 Å². The molecular weight excluding hydrogens is 242 g/mol. The topological polar surface area (TPSA) is 66.3 Å². The minimum Gasteiger partial charge on any atom is -0.481 e. The van der Waals surface area contributed by atoms with Gasteiger partial charge in [-0.05, 0) is 38.5 Å². The number of fused-ring (bicyclic) bond motifs is 1. The second-order valence-electron chi connectivity index (χ2n) is 5.42. The lowest BCUT2D eigenvalue weighted by Crippen LogP contribution is -2.33. The van der Waals surface area contributed by atoms with Crippen LogP contribution in [0.2, 0.25) is 0 Å². The van der Waals surface area contributed by atoms with Crippen LogP contribution in [0.5, 0.6) is 0 Å². The maximum atomic E-state index is 11.0. The third-order valence-corrected chi connectivity index (χ3v) is 4.16. The third-order valence-electron chi connectivity index (χ3n) is 4.16. The predicted octanol–water partition coefficient (Wildman–Crippen LogP) is 1.80. The van der Waals surface area contributed by atoms with Gasteiger partial charge in [-0.1, -0.05) is 0 Å². The summed E-state index contributed by atoms with van der Waals surface area (Å²) in [5, 5.41) is 9.02. The highest BCUT2D eigenvalue weighted by Gasteiger charge is 2.30. The Kier molecular flexibility index (Phi) is 3.36. The second-order valence-corrected chi connectivity index (χ2v) is 5.42. The van der Waals surface area contributed by atoms with Gasteiger partial charge >= 0.3 is 5.97 Å². The molecule has 0 spiro atoms. The SMILES string of the molecule is O=C(O)CC1CCCN1c1ncnc2c1CCCC2. The van der Waals surface area contributed by atoms with E-state index in [1.807, 2.05) is 0 Å². The summed E-state index contributed by atoms with van der Waals surface area (Å²) in [6.45, 7) is 0.918. The van der Waals surface area contributed by atoms with E-state index in [9.17, 15) is 4.79 Å². The van der Waals surface area contributed by atoms with Crippen molar-refractivity contribution in [1.29, 1.82) is 0 Å². The molecule has 0 radical (unpaired) electrons. The summed E-state index contributed by atoms with van der Waals surface area (Å²) in [5.41, 5.74) is 2.42. The van der Waals surface area contributed by atoms with E-state index < -0.39 is 5.97 Å². The zero-order valence-electron chi connectivity index (χ0n) is 11.0. The normalized spacial score (nSPS) is 22.3. The molecule has 0 aromatic carbocycles. The van der Waals surface area contributed by atoms with Gasteiger partial charge in [-0.2, -0.15) is 0 Å². The molecule has 5 nitrogen and oxygen atoms in total. The number of carboxylic acids is 1. The van der Waals surface area contributed by atoms with Crippen LogP contribution in [0.4, 0.5) is 5.82 Å². The van der Waals surface area contributed by atoms with E-state index >= 15 is 0 Å². The van der Waals surface area contributed by atoms with Gasteiger partial charge in [0, 0.05) is 23.8 Å². The molecule has 1 atom stereocenters. The highest BCUT2D eigenvalue weighted by molar-refractivity contribution is 5.69. The van der Waals surface area contributed by atoms with Gasteiger partial charge in [-0.25, -0.2) is 9.97 Å². The lowest BCUT2D eigenvalue weighted by molar-refractivity contribution is -0.137. The van der Waals surface area contributed by atoms with E-state index in [4.69, 9.17) is 5.11 Å². The number of hydrogen-bond donors (Lipinski definition) is 1. The maximum absolute atomic E-state index is 11.0. The van der Waals surface area contributed by atoms with Crippen LogP contribution in [0, 0.1) is 0 Å². The number of aliphatic carboxylic acids is 1. The summed E-state index contributed by atoms with van der Waals surface area (Å²) >= 11 is 0. The Hall–Kier alpha value is -1.65. The first-order valence-electron chi connectivity index (χ1n) is 7.07. The molecule has 0 amide bonds. The minimum atomic E-state index is -0.722. The molecule has 1 N–H and O–H groups in total. The van der Waals surface area contributed by atoms with Crippen molar-refractivity contribution in [1.82, 2.24) is 9.97 Å². The lowest BCUT2D eigenvalue weighted by Gasteiger charge is -2.28. The molecule has 5 heteroatoms. The number of nitrogens with zero attached hydrogens (tertiary/aromatic N) is 3. The van der Waals surface area contributed by atoms with Crippen molar-refractivity contribution in [2.45, 2.75) is 51.0 Å². The van der Waals surface area contributed by atoms with Crippen molar-refractivity contribution < 1.29 is 9.90 Å². The standard InChI is InChI=1S/C14H19N3O2/c18-13(19)8-10-4-3-7-17(10)14-11-5-1-2-6-12(11)15-9-16-14/h9-10H,1-8H2,(H,18,19). The summed E-state index contributed by atoms with van der Waals surface area (Å²) in [7, 11) is 0. The number of anilines is 1. The Balaban J connectivity index is 1.90. The second kappa shape index (κ2) is 5.15. The monoisotopic (exact) mass is 261 g/mol. The predicted molar refractivity (Wildman–Crippen MR) is 71.3 cm³/mol. The van der Waals surface area contributed by atoms with E-state index in [0.29, 0.717) is 0 Å². The fourth-order valence-corrected chi connectivity index (χ4v) is 3.28. The zero-order chi connectivity index (χ0) is 13.2. The van der Waals surface area contributed by atoms with Crippen molar-refractivity contribution in [3.63, 3.8) is 0 Å². The van der Waals surface area contributed by atoms with Crippen molar-refractivity contribution >= 4 is 11.8 Å². The van der Waals surface area contributed by atoms with Crippen molar-refractivity contribution in [2.75, 3.05) is 11.4 Å². The molecule has 2 aliphatic rings. The third kappa shape index (κ3) is 2.41. The average molecular weight is 261 g/mol. The Morgan fingerprint density at radius 2 is 2.16 bits per heavy atom. The molecular formula is C14H19N3O2. The van der Waals surface area contributed by atoms with Gasteiger partial charge in [0.1, 0.15) is 12.1 Å². The fourth-order valence-electron chi connectivity index (χ4n) is 3.28. The molecule has 1 aliphatic heterocycles. The first kappa shape index (κ1) is 12.4. The van der Waals surface area contributed by atoms with Crippen molar-refractivity contribution in [3.8, 4) is 0 Å². The molecule has 102 valence electrons. The number of carboxylic acid groups (broad SMARTS) is 1. The quantitative estimate of drug-likeness (QED) is 0.898. The van der Waals surface area contributed by atoms with Crippen LogP contribution in [0.25, 0.3) is 0 Å². The molecule has 2 heterocycles. The van der Waals surface area contributed by atoms with E-state index in [1.54, 1.807) is 6.33 Å². The molecule has 1 aromatic heterocycles. The fraction of sp³-hybridized carbons (Fsp3) is 0.643. The number of rotatable bonds is 3. The van der Waals surface area contributed by atoms with Crippen LogP contribution in [0.1, 0.15) is 43.4 Å². The van der Waals surface area contributed by atoms with Crippen LogP contribution >= 0.6 is 0 Å². The Morgan fingerprint density at radius 3 is 3.00 bits per heavy atom. The molecule has 1 aromatic rings. The van der Waals surface area contributed by atoms with E-state index in [-0.39, 0.29) is 12.5 Å². The van der Waals surface area contributed by atoms with Crippen molar-refractivity contribution in [2.24, 2.45) is 0 Å². The number of hydrogen-bond acceptors (Lipinski definition) is 4. The first-order valence-corrected chi connectivity index (χ1v) is 7.07. The van der Waals surface area contributed by atoms with Crippen LogP contribution in [-0.4, -0.2) is 33.6 Å². The summed E-state index contributed by atoms with van der Waals surface area (Å²) < 4.78 is 0. The summed E-state index contributed by atoms with van der Waals surface area (Å²) in [5.74, 6) is 0.272. The molecule has 0 saturated carbocycles. The van der Waals surface area contributed by atoms with Gasteiger partial charge in [0.05, 0.1) is 6.42 Å². The highest BCUT2D eigenvalue weighted by atomic mass is 16.4. The van der Waals surface area contributed by atoms with Gasteiger partial charge in [0.2, 0.25) is 0 Å². The Labute approximate surface area is 112 Å². The van der Waals surface area contributed by atoms with Crippen LogP contribution in [0.15, 0.2) is 6.33 Å². The summed E-state index contributed by atoms with van der Waals surface area (Å²) in [6.07, 6.45) is 8.28. The minimum absolute atomic E-state index is 0.0958. The summed E-state index contributed by atoms with van der Waals surface area (Å²) in [4.78, 5) is 22.0. The Bertz CT molecular complexity index is 490. The molecule has 1 fully saturated rings. The maximum Gasteiger partial charge on any atom is 0.305 e. The largest absolute Gasteiger partial charge is 0.481 e. The molecule has 19 heavy (non-hydrogen) atoms. The zero-order valence-corrected chi connectivity index (χ0v) is 11.0. The summed E-state index contributed by atoms with van der Waals surface area (Å²) in [6, 6.07) is 0.0958. The van der Waals surface area contributed by atoms with Crippen LogP contribution < -0.4 is 4.90 Å². The average Bonchev–Trinajstić information content (AvgIpc) is 2.85. The molecule has 3 rings (SSSR count). The van der Waals surface area contributed by atoms with Crippen molar-refractivity contribution in [3.05, 3.63) is 17.6 Å². The van der Waals surface area contributed by atoms with E-state index in [2.05, 4.69) is 14.9 Å². The molecule has 0 bridgehead atoms. The molecule has 1 saturated heterocycles. The van der Waals surface area contributed by atoms with Crippen LogP contribution in [0.3, 0.4) is 0 Å². The number of aryl methyl sites for hydroxylation is 1. The van der Waals surface area contributed by atoms with Gasteiger partial charge < -0.3 is 10.0 Å². The van der Waals surface area contributed by atoms with Gasteiger partial charge in [-0.15, -0.1) is 0 Å². The highest BCUT2D eigenvalue weighted by Crippen LogP contribution is 2.32. The van der Waals surface area contributed by atoms with Gasteiger partial charge in [0.25, 0.3) is 0 Å². The number of carbonyl (C=O) groups is 1. The molecule has 1 aliphatic carbocycles. The Morgan fingerprint density at radius 1 is 1.32 bits per heavy atom. The first-order chi connectivity index (χ1) is 9.25. The smallest absolute Gasteiger partial charge is 0.305 e. The van der Waals surface area contributed by atoms with E-state index in [1.165, 1.54) is 18.4 Å². The molecule has 1 unspecified atom stereocenters. The van der Waals surface area contributed by atoms with Gasteiger partial charge in [0.15, 0.2) is 0 Å². The van der Waals surface area contributed by atoms with Gasteiger partial charge in [-0.3, -0.25) is 4.79 Å². The number of aromatic nitrogens is 2.